The van der Waals surface area contributed by atoms with E-state index in [0.29, 0.717) is 43.1 Å². The number of pyridine rings is 2. The van der Waals surface area contributed by atoms with Gasteiger partial charge in [-0.25, -0.2) is 9.59 Å². The maximum atomic E-state index is 13.3. The van der Waals surface area contributed by atoms with E-state index in [-0.39, 0.29) is 36.6 Å². The Morgan fingerprint density at radius 3 is 1.56 bits per heavy atom. The van der Waals surface area contributed by atoms with Crippen LogP contribution in [0.4, 0.5) is 38.5 Å². The number of anilines is 2. The molecular formula is C43H47F4N11O5. The number of likely N-dealkylation sites (N-methyl/N-ethyl adjacent to an activating group) is 2. The molecule has 7 rings (SSSR count). The first-order valence-electron chi connectivity index (χ1n) is 20.1. The van der Waals surface area contributed by atoms with Crippen molar-refractivity contribution < 1.29 is 41.2 Å². The van der Waals surface area contributed by atoms with Crippen LogP contribution in [0.2, 0.25) is 0 Å². The average molecular weight is 874 g/mol. The third-order valence-corrected chi connectivity index (χ3v) is 10.3. The van der Waals surface area contributed by atoms with E-state index in [0.717, 1.165) is 37.6 Å². The molecule has 20 heteroatoms. The molecule has 332 valence electrons. The van der Waals surface area contributed by atoms with Crippen LogP contribution in [0.15, 0.2) is 102 Å². The minimum absolute atomic E-state index is 0.0252. The summed E-state index contributed by atoms with van der Waals surface area (Å²) in [5, 5.41) is 8.83. The van der Waals surface area contributed by atoms with Crippen molar-refractivity contribution in [1.82, 2.24) is 45.1 Å². The molecule has 0 saturated carbocycles. The fourth-order valence-corrected chi connectivity index (χ4v) is 6.53. The fourth-order valence-electron chi connectivity index (χ4n) is 6.53. The Morgan fingerprint density at radius 2 is 1.14 bits per heavy atom. The van der Waals surface area contributed by atoms with Gasteiger partial charge in [-0.15, -0.1) is 10.2 Å². The number of piperazine rings is 2. The molecular weight excluding hydrogens is 827 g/mol. The second-order valence-electron chi connectivity index (χ2n) is 14.8. The number of halogens is 4. The quantitative estimate of drug-likeness (QED) is 0.125. The maximum absolute atomic E-state index is 13.3. The second kappa shape index (κ2) is 21.8. The number of carbonyl (C=O) groups excluding carboxylic acids is 4. The smallest absolute Gasteiger partial charge is 0.324 e. The summed E-state index contributed by atoms with van der Waals surface area (Å²) in [6.45, 7) is 5.75. The zero-order valence-corrected chi connectivity index (χ0v) is 34.7. The molecule has 2 aliphatic heterocycles. The molecule has 5 amide bonds. The van der Waals surface area contributed by atoms with E-state index < -0.39 is 37.0 Å². The van der Waals surface area contributed by atoms with Gasteiger partial charge in [0.15, 0.2) is 5.78 Å². The van der Waals surface area contributed by atoms with Crippen LogP contribution >= 0.6 is 0 Å². The van der Waals surface area contributed by atoms with Gasteiger partial charge in [0.2, 0.25) is 5.89 Å². The summed E-state index contributed by atoms with van der Waals surface area (Å²) < 4.78 is 54.8. The highest BCUT2D eigenvalue weighted by atomic mass is 19.3. The molecule has 1 N–H and O–H groups in total. The van der Waals surface area contributed by atoms with E-state index in [9.17, 15) is 36.7 Å². The minimum Gasteiger partial charge on any atom is -0.415 e. The van der Waals surface area contributed by atoms with Crippen molar-refractivity contribution in [2.24, 2.45) is 0 Å². The first-order valence-corrected chi connectivity index (χ1v) is 20.1. The predicted octanol–water partition coefficient (Wildman–Crippen LogP) is 5.46. The number of urea groups is 2. The largest absolute Gasteiger partial charge is 0.415 e. The Hall–Kier alpha value is -6.80. The molecule has 16 nitrogen and oxygen atoms in total. The Kier molecular flexibility index (Phi) is 15.8. The van der Waals surface area contributed by atoms with Gasteiger partial charge in [0.1, 0.15) is 0 Å². The Bertz CT molecular complexity index is 2260. The van der Waals surface area contributed by atoms with Gasteiger partial charge in [-0.1, -0.05) is 36.4 Å². The number of rotatable bonds is 12. The van der Waals surface area contributed by atoms with Gasteiger partial charge in [0, 0.05) is 81.7 Å². The number of amides is 5. The number of aromatic nitrogens is 4. The minimum atomic E-state index is -3.18. The highest BCUT2D eigenvalue weighted by molar-refractivity contribution is 5.99. The molecule has 3 aromatic heterocycles. The lowest BCUT2D eigenvalue weighted by molar-refractivity contribution is -0.131. The monoisotopic (exact) mass is 873 g/mol. The van der Waals surface area contributed by atoms with Crippen molar-refractivity contribution in [2.75, 3.05) is 82.8 Å². The summed E-state index contributed by atoms with van der Waals surface area (Å²) in [7, 11) is 4.05. The van der Waals surface area contributed by atoms with E-state index in [2.05, 4.69) is 30.0 Å². The first-order chi connectivity index (χ1) is 30.4. The number of benzene rings is 2. The number of para-hydroxylation sites is 2. The normalized spacial score (nSPS) is 14.5. The van der Waals surface area contributed by atoms with Gasteiger partial charge in [0.05, 0.1) is 36.6 Å². The van der Waals surface area contributed by atoms with E-state index in [1.165, 1.54) is 18.5 Å². The fraction of sp³-hybridized carbons (Fsp3) is 0.349. The molecule has 2 fully saturated rings. The molecule has 63 heavy (non-hydrogen) atoms. The topological polar surface area (TPSA) is 164 Å². The van der Waals surface area contributed by atoms with Gasteiger partial charge in [0.25, 0.3) is 11.8 Å². The summed E-state index contributed by atoms with van der Waals surface area (Å²) in [6, 6.07) is 25.0. The molecule has 0 radical (unpaired) electrons. The number of nitrogens with one attached hydrogen (secondary N) is 1. The number of hydrogen-bond donors (Lipinski definition) is 1. The Balaban J connectivity index is 0.000000210. The summed E-state index contributed by atoms with van der Waals surface area (Å²) in [5.74, 6) is -2.79. The molecule has 2 aromatic carbocycles. The lowest BCUT2D eigenvalue weighted by Crippen LogP contribution is -2.52. The SMILES string of the molecule is CN1CCN(C(=O)N(Cc2ccc(-c3nnc(C(F)F)o3)cn2)c2ccccc2)CC1.CN1CCN(C(=O)N(Cc2ccc(C(=O)CNC(=O)C(F)F)cn2)c2ccccc2)CC1. The highest BCUT2D eigenvalue weighted by Gasteiger charge is 2.28. The zero-order chi connectivity index (χ0) is 44.9. The van der Waals surface area contributed by atoms with Crippen molar-refractivity contribution >= 4 is 35.1 Å². The first kappa shape index (κ1) is 45.7. The maximum Gasteiger partial charge on any atom is 0.324 e. The van der Waals surface area contributed by atoms with Crippen LogP contribution in [0, 0.1) is 0 Å². The van der Waals surface area contributed by atoms with E-state index in [1.54, 1.807) is 32.9 Å². The lowest BCUT2D eigenvalue weighted by atomic mass is 10.1. The third-order valence-electron chi connectivity index (χ3n) is 10.3. The van der Waals surface area contributed by atoms with Crippen molar-refractivity contribution in [3.05, 3.63) is 120 Å². The number of nitrogens with zero attached hydrogens (tertiary/aromatic N) is 10. The number of alkyl halides is 4. The number of carbonyl (C=O) groups is 4. The van der Waals surface area contributed by atoms with Crippen LogP contribution in [0.25, 0.3) is 11.5 Å². The third kappa shape index (κ3) is 12.6. The number of ketones is 1. The van der Waals surface area contributed by atoms with Crippen LogP contribution < -0.4 is 15.1 Å². The van der Waals surface area contributed by atoms with Gasteiger partial charge in [-0.05, 0) is 62.6 Å². The van der Waals surface area contributed by atoms with E-state index >= 15 is 0 Å². The average Bonchev–Trinajstić information content (AvgIpc) is 3.82. The van der Waals surface area contributed by atoms with Crippen LogP contribution in [-0.4, -0.2) is 143 Å². The Morgan fingerprint density at radius 1 is 0.651 bits per heavy atom. The summed E-state index contributed by atoms with van der Waals surface area (Å²) in [5.41, 5.74) is 3.32. The van der Waals surface area contributed by atoms with Gasteiger partial charge in [-0.2, -0.15) is 17.6 Å². The predicted molar refractivity (Wildman–Crippen MR) is 224 cm³/mol. The molecule has 2 aliphatic rings. The molecule has 0 bridgehead atoms. The van der Waals surface area contributed by atoms with Gasteiger partial charge >= 0.3 is 24.9 Å². The standard InChI is InChI=1S/C22H25F2N5O3.C21H22F2N6O2/c1-27-9-11-28(12-10-27)22(32)29(18-5-3-2-4-6-18)15-17-8-7-16(13-25-17)19(30)14-26-21(31)20(23)24;1-27-9-11-28(12-10-27)21(30)29(17-5-3-2-4-6-17)14-16-8-7-15(13-24-16)19-25-26-20(31-19)18(22)23/h2-8,13,20H,9-12,14-15H2,1H3,(H,26,31);2-8,13,18H,9-12,14H2,1H3. The van der Waals surface area contributed by atoms with Crippen molar-refractivity contribution in [2.45, 2.75) is 25.9 Å². The molecule has 5 heterocycles. The second-order valence-corrected chi connectivity index (χ2v) is 14.8. The van der Waals surface area contributed by atoms with Crippen molar-refractivity contribution in [3.8, 4) is 11.5 Å². The van der Waals surface area contributed by atoms with E-state index in [1.807, 2.05) is 85.0 Å². The molecule has 5 aromatic rings. The number of Topliss-reactive ketones (excluding diaryl/α,β-unsaturated/α-hetero) is 1. The summed E-state index contributed by atoms with van der Waals surface area (Å²) in [4.78, 5) is 69.5. The highest BCUT2D eigenvalue weighted by Crippen LogP contribution is 2.25. The van der Waals surface area contributed by atoms with Gasteiger partial charge < -0.3 is 29.3 Å². The molecule has 0 unspecified atom stereocenters. The van der Waals surface area contributed by atoms with Crippen molar-refractivity contribution in [1.29, 1.82) is 0 Å². The van der Waals surface area contributed by atoms with Crippen molar-refractivity contribution in [3.63, 3.8) is 0 Å². The molecule has 2 saturated heterocycles. The number of hydrogen-bond acceptors (Lipinski definition) is 11. The summed E-state index contributed by atoms with van der Waals surface area (Å²) in [6.07, 6.45) is -3.21. The van der Waals surface area contributed by atoms with Crippen LogP contribution in [-0.2, 0) is 17.9 Å². The van der Waals surface area contributed by atoms with Crippen LogP contribution in [0.1, 0.15) is 34.1 Å². The molecule has 0 atom stereocenters. The van der Waals surface area contributed by atoms with Crippen LogP contribution in [0.3, 0.4) is 0 Å². The summed E-state index contributed by atoms with van der Waals surface area (Å²) >= 11 is 0. The van der Waals surface area contributed by atoms with E-state index in [4.69, 9.17) is 4.42 Å². The molecule has 0 spiro atoms. The zero-order valence-electron chi connectivity index (χ0n) is 34.7. The van der Waals surface area contributed by atoms with Gasteiger partial charge in [-0.3, -0.25) is 29.4 Å². The molecule has 0 aliphatic carbocycles. The lowest BCUT2D eigenvalue weighted by Gasteiger charge is -2.36. The Labute approximate surface area is 361 Å². The van der Waals surface area contributed by atoms with Crippen LogP contribution in [0.5, 0.6) is 0 Å².